The summed E-state index contributed by atoms with van der Waals surface area (Å²) in [5.41, 5.74) is 4.00. The highest BCUT2D eigenvalue weighted by Gasteiger charge is 2.59. The zero-order valence-electron chi connectivity index (χ0n) is 34.7. The zero-order valence-corrected chi connectivity index (χ0v) is 34.7. The fourth-order valence-corrected chi connectivity index (χ4v) is 7.81. The van der Waals surface area contributed by atoms with Crippen molar-refractivity contribution in [3.8, 4) is 0 Å². The van der Waals surface area contributed by atoms with E-state index in [1.807, 2.05) is 0 Å². The minimum atomic E-state index is -1.56. The number of carbonyl (C=O) groups excluding carboxylic acids is 2. The van der Waals surface area contributed by atoms with Crippen LogP contribution in [0.3, 0.4) is 0 Å². The van der Waals surface area contributed by atoms with Crippen LogP contribution in [0.15, 0.2) is 24.3 Å². The van der Waals surface area contributed by atoms with Crippen LogP contribution in [0.25, 0.3) is 0 Å². The molecule has 2 aliphatic carbocycles. The number of fused-ring (bicyclic) bond motifs is 1. The number of nitrogens with two attached hydrogens (primary N) is 1. The van der Waals surface area contributed by atoms with Crippen molar-refractivity contribution < 1.29 is 68.1 Å². The molecule has 2 heterocycles. The number of aliphatic hydroxyl groups is 4. The molecule has 15 atom stereocenters. The molecule has 334 valence electrons. The average Bonchev–Trinajstić information content (AvgIpc) is 3.79. The van der Waals surface area contributed by atoms with E-state index in [-0.39, 0.29) is 43.7 Å². The van der Waals surface area contributed by atoms with Gasteiger partial charge in [-0.3, -0.25) is 15.4 Å². The van der Waals surface area contributed by atoms with E-state index in [1.165, 1.54) is 31.2 Å². The van der Waals surface area contributed by atoms with Crippen molar-refractivity contribution in [1.29, 1.82) is 0 Å². The number of hydrogen-bond donors (Lipinski definition) is 9. The van der Waals surface area contributed by atoms with Gasteiger partial charge in [0.15, 0.2) is 12.6 Å². The summed E-state index contributed by atoms with van der Waals surface area (Å²) in [7, 11) is 1.57. The molecule has 5 rings (SSSR count). The summed E-state index contributed by atoms with van der Waals surface area (Å²) in [6, 6.07) is 2.21. The number of aliphatic hydroxyl groups excluding tert-OH is 3. The van der Waals surface area contributed by atoms with Gasteiger partial charge in [-0.25, -0.2) is 9.59 Å². The van der Waals surface area contributed by atoms with Crippen molar-refractivity contribution in [2.75, 3.05) is 20.2 Å². The minimum absolute atomic E-state index is 0.00879. The molecule has 0 radical (unpaired) electrons. The Balaban J connectivity index is 1.31. The van der Waals surface area contributed by atoms with Crippen LogP contribution in [0, 0.1) is 22.0 Å². The van der Waals surface area contributed by atoms with Crippen LogP contribution in [0.4, 0.5) is 15.3 Å². The van der Waals surface area contributed by atoms with E-state index in [1.54, 1.807) is 48.6 Å². The van der Waals surface area contributed by atoms with Gasteiger partial charge in [0.05, 0.1) is 42.4 Å². The number of benzene rings is 1. The van der Waals surface area contributed by atoms with Crippen LogP contribution in [-0.2, 0) is 39.8 Å². The number of nitrogens with one attached hydrogen (secondary N) is 4. The van der Waals surface area contributed by atoms with Gasteiger partial charge in [-0.05, 0) is 92.0 Å². The Hall–Kier alpha value is -3.32. The summed E-state index contributed by atoms with van der Waals surface area (Å²) < 4.78 is 41.3. The largest absolute Gasteiger partial charge is 0.444 e. The lowest BCUT2D eigenvalue weighted by atomic mass is 9.83. The number of carbonyl (C=O) groups is 2. The Morgan fingerprint density at radius 1 is 0.966 bits per heavy atom. The van der Waals surface area contributed by atoms with E-state index < -0.39 is 108 Å². The van der Waals surface area contributed by atoms with E-state index in [0.29, 0.717) is 12.0 Å². The van der Waals surface area contributed by atoms with Crippen LogP contribution < -0.4 is 27.0 Å². The number of amides is 2. The van der Waals surface area contributed by atoms with Crippen molar-refractivity contribution in [3.63, 3.8) is 0 Å². The van der Waals surface area contributed by atoms with Crippen LogP contribution in [-0.4, -0.2) is 148 Å². The van der Waals surface area contributed by atoms with Gasteiger partial charge in [0.2, 0.25) is 6.41 Å². The zero-order chi connectivity index (χ0) is 43.6. The summed E-state index contributed by atoms with van der Waals surface area (Å²) in [6.45, 7) is 11.8. The van der Waals surface area contributed by atoms with Crippen molar-refractivity contribution in [3.05, 3.63) is 39.9 Å². The SMILES string of the molecule is CNC1C(O)C(OC2C(N)CC(NC(=O)OC(C)(C)C)C(OC3OC4C(CNC(O)OCc5ccc([N+](=O)[O-])cc5)[C@H]4CC3NC(=O)OC(C)(C)C)C2O)OCC1(C)O. The van der Waals surface area contributed by atoms with E-state index in [4.69, 9.17) is 38.9 Å². The monoisotopic (exact) mass is 842 g/mol. The first-order valence-electron chi connectivity index (χ1n) is 19.8. The summed E-state index contributed by atoms with van der Waals surface area (Å²) in [5, 5.41) is 66.7. The summed E-state index contributed by atoms with van der Waals surface area (Å²) in [6.07, 6.45) is -10.9. The Bertz CT molecular complexity index is 1590. The van der Waals surface area contributed by atoms with E-state index in [0.717, 1.165) is 0 Å². The van der Waals surface area contributed by atoms with E-state index in [2.05, 4.69) is 21.3 Å². The van der Waals surface area contributed by atoms with E-state index in [9.17, 15) is 40.1 Å². The lowest BCUT2D eigenvalue weighted by Gasteiger charge is -2.48. The Morgan fingerprint density at radius 2 is 1.56 bits per heavy atom. The smallest absolute Gasteiger partial charge is 0.408 e. The molecule has 2 amide bonds. The average molecular weight is 843 g/mol. The highest BCUT2D eigenvalue weighted by atomic mass is 16.7. The maximum absolute atomic E-state index is 13.1. The Labute approximate surface area is 343 Å². The van der Waals surface area contributed by atoms with Gasteiger partial charge < -0.3 is 75.3 Å². The number of alkyl carbamates (subject to hydrolysis) is 2. The van der Waals surface area contributed by atoms with Crippen molar-refractivity contribution in [2.45, 2.75) is 158 Å². The second kappa shape index (κ2) is 18.7. The number of nitro benzene ring substituents is 1. The van der Waals surface area contributed by atoms with Crippen LogP contribution in [0.1, 0.15) is 66.9 Å². The van der Waals surface area contributed by atoms with Gasteiger partial charge in [-0.1, -0.05) is 0 Å². The molecule has 4 fully saturated rings. The van der Waals surface area contributed by atoms with Gasteiger partial charge in [-0.15, -0.1) is 0 Å². The second-order valence-corrected chi connectivity index (χ2v) is 17.9. The Morgan fingerprint density at radius 3 is 2.14 bits per heavy atom. The number of hydrogen-bond acceptors (Lipinski definition) is 18. The standard InChI is InChI=1S/C38H62N6O15/c1-36(2,3)58-34(48)42-23-14-22(39)28(56-32-26(46)30(40-8)38(7,50)17-54-32)25(45)29(23)57-31-24(43-35(49)59-37(4,5)6)13-20-21(27(20)55-31)15-41-33(47)53-16-18-9-11-19(12-10-18)44(51)52/h9-12,20-33,40-41,45-47,50H,13-17,39H2,1-8H3,(H,42,48)(H,43,49)/t20-,21?,22?,23?,24?,25?,26?,27?,28?,29?,30?,31?,32?,33?,38?/m1/s1. The quantitative estimate of drug-likeness (QED) is 0.0679. The third-order valence-electron chi connectivity index (χ3n) is 10.6. The number of nitro groups is 1. The first-order valence-corrected chi connectivity index (χ1v) is 19.8. The number of nitrogens with zero attached hydrogens (tertiary/aromatic N) is 1. The highest BCUT2D eigenvalue weighted by Crippen LogP contribution is 2.50. The summed E-state index contributed by atoms with van der Waals surface area (Å²) in [4.78, 5) is 36.6. The molecule has 21 heteroatoms. The first-order chi connectivity index (χ1) is 27.5. The summed E-state index contributed by atoms with van der Waals surface area (Å²) in [5.74, 6) is -0.259. The van der Waals surface area contributed by atoms with Gasteiger partial charge in [0.1, 0.15) is 41.2 Å². The molecule has 14 unspecified atom stereocenters. The maximum Gasteiger partial charge on any atom is 0.408 e. The normalized spacial score (nSPS) is 36.5. The van der Waals surface area contributed by atoms with Crippen molar-refractivity contribution in [2.24, 2.45) is 17.6 Å². The third kappa shape index (κ3) is 12.4. The fraction of sp³-hybridized carbons (Fsp3) is 0.789. The second-order valence-electron chi connectivity index (χ2n) is 17.9. The molecule has 1 aromatic carbocycles. The molecule has 0 aromatic heterocycles. The van der Waals surface area contributed by atoms with Crippen molar-refractivity contribution >= 4 is 17.9 Å². The van der Waals surface area contributed by atoms with Crippen LogP contribution in [0.2, 0.25) is 0 Å². The van der Waals surface area contributed by atoms with Gasteiger partial charge in [0, 0.05) is 30.6 Å². The molecule has 21 nitrogen and oxygen atoms in total. The number of rotatable bonds is 14. The highest BCUT2D eigenvalue weighted by molar-refractivity contribution is 5.68. The van der Waals surface area contributed by atoms with Crippen molar-refractivity contribution in [1.82, 2.24) is 21.3 Å². The molecule has 2 saturated heterocycles. The lowest BCUT2D eigenvalue weighted by molar-refractivity contribution is -0.384. The van der Waals surface area contributed by atoms with Gasteiger partial charge >= 0.3 is 12.2 Å². The molecule has 4 aliphatic rings. The molecule has 0 spiro atoms. The number of non-ortho nitro benzene ring substituents is 1. The molecule has 2 saturated carbocycles. The molecule has 1 aromatic rings. The molecule has 0 bridgehead atoms. The maximum atomic E-state index is 13.1. The third-order valence-corrected chi connectivity index (χ3v) is 10.6. The Kier molecular flexibility index (Phi) is 14.9. The predicted molar refractivity (Wildman–Crippen MR) is 206 cm³/mol. The van der Waals surface area contributed by atoms with Crippen LogP contribution in [0.5, 0.6) is 0 Å². The first kappa shape index (κ1) is 46.7. The predicted octanol–water partition coefficient (Wildman–Crippen LogP) is 0.0430. The molecule has 10 N–H and O–H groups in total. The molecular formula is C38H62N6O15. The lowest BCUT2D eigenvalue weighted by Crippen LogP contribution is -2.69. The topological polar surface area (TPSA) is 297 Å². The van der Waals surface area contributed by atoms with Crippen LogP contribution >= 0.6 is 0 Å². The molecule has 59 heavy (non-hydrogen) atoms. The van der Waals surface area contributed by atoms with Gasteiger partial charge in [0.25, 0.3) is 5.69 Å². The minimum Gasteiger partial charge on any atom is -0.444 e. The van der Waals surface area contributed by atoms with E-state index >= 15 is 0 Å². The fourth-order valence-electron chi connectivity index (χ4n) is 7.81. The number of likely N-dealkylation sites (N-methyl/N-ethyl adjacent to an activating group) is 1. The molecule has 2 aliphatic heterocycles. The molecular weight excluding hydrogens is 780 g/mol. The number of ether oxygens (including phenoxy) is 7. The van der Waals surface area contributed by atoms with Gasteiger partial charge in [-0.2, -0.15) is 0 Å². The summed E-state index contributed by atoms with van der Waals surface area (Å²) >= 11 is 0.